The highest BCUT2D eigenvalue weighted by atomic mass is 32.1. The van der Waals surface area contributed by atoms with E-state index >= 15 is 0 Å². The van der Waals surface area contributed by atoms with E-state index in [1.165, 1.54) is 4.70 Å². The summed E-state index contributed by atoms with van der Waals surface area (Å²) in [5.41, 5.74) is 7.04. The number of aromatic nitrogens is 3. The van der Waals surface area contributed by atoms with E-state index in [0.29, 0.717) is 11.7 Å². The summed E-state index contributed by atoms with van der Waals surface area (Å²) >= 11 is 1.77. The van der Waals surface area contributed by atoms with Gasteiger partial charge in [0.2, 0.25) is 5.89 Å². The fourth-order valence-corrected chi connectivity index (χ4v) is 4.71. The van der Waals surface area contributed by atoms with Crippen LogP contribution in [0.25, 0.3) is 10.2 Å². The van der Waals surface area contributed by atoms with Crippen LogP contribution < -0.4 is 10.6 Å². The van der Waals surface area contributed by atoms with Gasteiger partial charge >= 0.3 is 0 Å². The molecule has 3 heterocycles. The van der Waals surface area contributed by atoms with Crippen LogP contribution in [0.15, 0.2) is 28.8 Å². The number of benzene rings is 1. The Morgan fingerprint density at radius 3 is 2.68 bits per heavy atom. The van der Waals surface area contributed by atoms with Crippen LogP contribution in [0.1, 0.15) is 49.7 Å². The molecule has 0 amide bonds. The molecular formula is C18H21N5OS. The molecule has 0 radical (unpaired) electrons. The third-order valence-electron chi connectivity index (χ3n) is 5.53. The van der Waals surface area contributed by atoms with E-state index in [2.05, 4.69) is 33.2 Å². The molecule has 5 rings (SSSR count). The first-order valence-electron chi connectivity index (χ1n) is 8.95. The fourth-order valence-electron chi connectivity index (χ4n) is 3.70. The molecule has 2 fully saturated rings. The minimum absolute atomic E-state index is 0.329. The van der Waals surface area contributed by atoms with Gasteiger partial charge in [0.15, 0.2) is 11.0 Å². The second kappa shape index (κ2) is 5.78. The van der Waals surface area contributed by atoms with Crippen LogP contribution in [0.5, 0.6) is 0 Å². The highest BCUT2D eigenvalue weighted by Gasteiger charge is 2.39. The lowest BCUT2D eigenvalue weighted by atomic mass is 9.77. The number of rotatable bonds is 3. The van der Waals surface area contributed by atoms with Crippen molar-refractivity contribution in [3.8, 4) is 0 Å². The Labute approximate surface area is 150 Å². The smallest absolute Gasteiger partial charge is 0.229 e. The zero-order valence-corrected chi connectivity index (χ0v) is 14.8. The Kier molecular flexibility index (Phi) is 3.53. The van der Waals surface area contributed by atoms with E-state index in [4.69, 9.17) is 15.2 Å². The van der Waals surface area contributed by atoms with Gasteiger partial charge in [0, 0.05) is 19.0 Å². The first-order chi connectivity index (χ1) is 12.2. The van der Waals surface area contributed by atoms with E-state index in [-0.39, 0.29) is 5.54 Å². The van der Waals surface area contributed by atoms with Gasteiger partial charge in [0.05, 0.1) is 15.8 Å². The number of hydrogen-bond acceptors (Lipinski definition) is 7. The Bertz CT molecular complexity index is 859. The van der Waals surface area contributed by atoms with Crippen LogP contribution >= 0.6 is 11.3 Å². The third kappa shape index (κ3) is 2.62. The standard InChI is InChI=1S/C18H21N5OS/c19-18(8-3-9-18)16-21-15(24-22-16)12-6-10-23(11-7-12)17-20-13-4-1-2-5-14(13)25-17/h1-2,4-5,12H,3,6-11,19H2. The lowest BCUT2D eigenvalue weighted by molar-refractivity contribution is 0.228. The van der Waals surface area contributed by atoms with Gasteiger partial charge in [-0.15, -0.1) is 0 Å². The molecule has 0 atom stereocenters. The maximum atomic E-state index is 6.30. The molecule has 2 aromatic heterocycles. The zero-order valence-electron chi connectivity index (χ0n) is 14.0. The van der Waals surface area contributed by atoms with E-state index < -0.39 is 0 Å². The van der Waals surface area contributed by atoms with Crippen LogP contribution in [0.2, 0.25) is 0 Å². The van der Waals surface area contributed by atoms with Crippen LogP contribution in [0, 0.1) is 0 Å². The summed E-state index contributed by atoms with van der Waals surface area (Å²) < 4.78 is 6.79. The van der Waals surface area contributed by atoms with Gasteiger partial charge in [-0.2, -0.15) is 4.98 Å². The molecule has 6 nitrogen and oxygen atoms in total. The lowest BCUT2D eigenvalue weighted by Gasteiger charge is -2.34. The molecule has 1 aromatic carbocycles. The SMILES string of the molecule is NC1(c2noc(C3CCN(c4nc5ccccc5s4)CC3)n2)CCC1. The highest BCUT2D eigenvalue weighted by molar-refractivity contribution is 7.22. The maximum Gasteiger partial charge on any atom is 0.229 e. The molecule has 3 aromatic rings. The molecule has 1 aliphatic heterocycles. The summed E-state index contributed by atoms with van der Waals surface area (Å²) in [6, 6.07) is 8.31. The number of piperidine rings is 1. The molecule has 0 spiro atoms. The quantitative estimate of drug-likeness (QED) is 0.775. The molecule has 25 heavy (non-hydrogen) atoms. The second-order valence-corrected chi connectivity index (χ2v) is 8.20. The Morgan fingerprint density at radius 1 is 1.16 bits per heavy atom. The van der Waals surface area contributed by atoms with Crippen molar-refractivity contribution in [2.24, 2.45) is 5.73 Å². The van der Waals surface area contributed by atoms with Crippen molar-refractivity contribution >= 4 is 26.7 Å². The average molecular weight is 355 g/mol. The predicted molar refractivity (Wildman–Crippen MR) is 97.8 cm³/mol. The van der Waals surface area contributed by atoms with Crippen LogP contribution in [-0.4, -0.2) is 28.2 Å². The Hall–Kier alpha value is -1.99. The average Bonchev–Trinajstić information content (AvgIpc) is 3.27. The van der Waals surface area contributed by atoms with E-state index in [1.807, 2.05) is 6.07 Å². The van der Waals surface area contributed by atoms with Crippen molar-refractivity contribution in [1.29, 1.82) is 0 Å². The summed E-state index contributed by atoms with van der Waals surface area (Å²) in [6.45, 7) is 1.94. The molecule has 1 saturated heterocycles. The van der Waals surface area contributed by atoms with E-state index in [1.54, 1.807) is 11.3 Å². The minimum atomic E-state index is -0.344. The van der Waals surface area contributed by atoms with Crippen LogP contribution in [-0.2, 0) is 5.54 Å². The summed E-state index contributed by atoms with van der Waals surface area (Å²) in [5, 5.41) is 5.27. The van der Waals surface area contributed by atoms with Crippen molar-refractivity contribution in [3.05, 3.63) is 36.0 Å². The number of anilines is 1. The molecule has 2 N–H and O–H groups in total. The summed E-state index contributed by atoms with van der Waals surface area (Å²) in [5.74, 6) is 1.79. The van der Waals surface area contributed by atoms with Crippen molar-refractivity contribution < 1.29 is 4.52 Å². The van der Waals surface area contributed by atoms with Crippen LogP contribution in [0.3, 0.4) is 0 Å². The summed E-state index contributed by atoms with van der Waals surface area (Å²) in [7, 11) is 0. The van der Waals surface area contributed by atoms with Crippen molar-refractivity contribution in [2.45, 2.75) is 43.6 Å². The molecule has 1 saturated carbocycles. The Balaban J connectivity index is 1.28. The van der Waals surface area contributed by atoms with Gasteiger partial charge in [-0.3, -0.25) is 0 Å². The molecule has 7 heteroatoms. The molecular weight excluding hydrogens is 334 g/mol. The molecule has 130 valence electrons. The summed E-state index contributed by atoms with van der Waals surface area (Å²) in [6.07, 6.45) is 5.09. The van der Waals surface area contributed by atoms with Crippen molar-refractivity contribution in [1.82, 2.24) is 15.1 Å². The largest absolute Gasteiger partial charge is 0.348 e. The van der Waals surface area contributed by atoms with Gasteiger partial charge in [-0.1, -0.05) is 28.6 Å². The highest BCUT2D eigenvalue weighted by Crippen LogP contribution is 2.38. The first kappa shape index (κ1) is 15.3. The van der Waals surface area contributed by atoms with E-state index in [9.17, 15) is 0 Å². The maximum absolute atomic E-state index is 6.30. The zero-order chi connectivity index (χ0) is 16.9. The van der Waals surface area contributed by atoms with Gasteiger partial charge in [-0.05, 0) is 44.2 Å². The normalized spacial score (nSPS) is 20.8. The lowest BCUT2D eigenvalue weighted by Crippen LogP contribution is -2.44. The minimum Gasteiger partial charge on any atom is -0.348 e. The van der Waals surface area contributed by atoms with Gasteiger partial charge in [0.1, 0.15) is 0 Å². The second-order valence-electron chi connectivity index (χ2n) is 7.19. The number of nitrogens with two attached hydrogens (primary N) is 1. The number of hydrogen-bond donors (Lipinski definition) is 1. The molecule has 1 aliphatic carbocycles. The van der Waals surface area contributed by atoms with Gasteiger partial charge in [-0.25, -0.2) is 4.98 Å². The fraction of sp³-hybridized carbons (Fsp3) is 0.500. The number of para-hydroxylation sites is 1. The van der Waals surface area contributed by atoms with Gasteiger partial charge < -0.3 is 15.2 Å². The monoisotopic (exact) mass is 355 g/mol. The van der Waals surface area contributed by atoms with Crippen LogP contribution in [0.4, 0.5) is 5.13 Å². The first-order valence-corrected chi connectivity index (χ1v) is 9.76. The summed E-state index contributed by atoms with van der Waals surface area (Å²) in [4.78, 5) is 11.8. The van der Waals surface area contributed by atoms with Crippen molar-refractivity contribution in [3.63, 3.8) is 0 Å². The van der Waals surface area contributed by atoms with Crippen molar-refractivity contribution in [2.75, 3.05) is 18.0 Å². The van der Waals surface area contributed by atoms with Gasteiger partial charge in [0.25, 0.3) is 0 Å². The Morgan fingerprint density at radius 2 is 1.96 bits per heavy atom. The number of nitrogens with zero attached hydrogens (tertiary/aromatic N) is 4. The number of thiazole rings is 1. The predicted octanol–water partition coefficient (Wildman–Crippen LogP) is 3.40. The topological polar surface area (TPSA) is 81.1 Å². The molecule has 0 unspecified atom stereocenters. The number of fused-ring (bicyclic) bond motifs is 1. The third-order valence-corrected chi connectivity index (χ3v) is 6.63. The van der Waals surface area contributed by atoms with E-state index in [0.717, 1.165) is 61.7 Å². The molecule has 0 bridgehead atoms. The molecule has 2 aliphatic rings.